The van der Waals surface area contributed by atoms with Crippen LogP contribution in [-0.2, 0) is 5.33 Å². The smallest absolute Gasteiger partial charge is 0.180 e. The van der Waals surface area contributed by atoms with E-state index in [0.717, 1.165) is 35.4 Å². The molecule has 0 heterocycles. The van der Waals surface area contributed by atoms with Crippen LogP contribution in [0.3, 0.4) is 0 Å². The topological polar surface area (TPSA) is 18.5 Å². The number of alkyl halides is 1. The zero-order valence-electron chi connectivity index (χ0n) is 11.4. The zero-order chi connectivity index (χ0) is 13.8. The van der Waals surface area contributed by atoms with Crippen molar-refractivity contribution >= 4 is 27.5 Å². The summed E-state index contributed by atoms with van der Waals surface area (Å²) in [5.41, 5.74) is 1.09. The van der Waals surface area contributed by atoms with Crippen molar-refractivity contribution in [2.24, 2.45) is 5.92 Å². The standard InChI is InChI=1S/C15H20BrClO2/c1-10-3-5-12(6-4-10)19-15-13(17)7-11(9-16)8-14(15)18-2/h7-8,10,12H,3-6,9H2,1-2H3. The maximum absolute atomic E-state index is 6.31. The largest absolute Gasteiger partial charge is 0.493 e. The molecule has 2 nitrogen and oxygen atoms in total. The van der Waals surface area contributed by atoms with Gasteiger partial charge in [-0.2, -0.15) is 0 Å². The first kappa shape index (κ1) is 15.0. The van der Waals surface area contributed by atoms with Crippen molar-refractivity contribution in [1.82, 2.24) is 0 Å². The van der Waals surface area contributed by atoms with Gasteiger partial charge in [-0.1, -0.05) is 34.5 Å². The molecular weight excluding hydrogens is 328 g/mol. The van der Waals surface area contributed by atoms with Crippen LogP contribution in [0.2, 0.25) is 5.02 Å². The molecule has 1 aliphatic carbocycles. The first-order valence-electron chi connectivity index (χ1n) is 6.73. The number of hydrogen-bond acceptors (Lipinski definition) is 2. The zero-order valence-corrected chi connectivity index (χ0v) is 13.8. The average molecular weight is 348 g/mol. The lowest BCUT2D eigenvalue weighted by Crippen LogP contribution is -2.23. The molecule has 1 fully saturated rings. The van der Waals surface area contributed by atoms with Crippen LogP contribution in [0.15, 0.2) is 12.1 Å². The van der Waals surface area contributed by atoms with E-state index in [9.17, 15) is 0 Å². The Hall–Kier alpha value is -0.410. The molecule has 0 unspecified atom stereocenters. The van der Waals surface area contributed by atoms with E-state index in [4.69, 9.17) is 21.1 Å². The maximum atomic E-state index is 6.31. The second-order valence-corrected chi connectivity index (χ2v) is 6.21. The van der Waals surface area contributed by atoms with Gasteiger partial charge >= 0.3 is 0 Å². The molecule has 1 saturated carbocycles. The first-order chi connectivity index (χ1) is 9.13. The fourth-order valence-electron chi connectivity index (χ4n) is 2.48. The van der Waals surface area contributed by atoms with E-state index in [1.165, 1.54) is 12.8 Å². The van der Waals surface area contributed by atoms with E-state index in [2.05, 4.69) is 22.9 Å². The summed E-state index contributed by atoms with van der Waals surface area (Å²) in [4.78, 5) is 0. The average Bonchev–Trinajstić information content (AvgIpc) is 2.43. The number of halogens is 2. The lowest BCUT2D eigenvalue weighted by atomic mass is 9.89. The van der Waals surface area contributed by atoms with E-state index >= 15 is 0 Å². The van der Waals surface area contributed by atoms with Crippen LogP contribution in [0.1, 0.15) is 38.2 Å². The Morgan fingerprint density at radius 2 is 1.95 bits per heavy atom. The monoisotopic (exact) mass is 346 g/mol. The van der Waals surface area contributed by atoms with Crippen LogP contribution in [0.25, 0.3) is 0 Å². The number of hydrogen-bond donors (Lipinski definition) is 0. The normalized spacial score (nSPS) is 23.2. The van der Waals surface area contributed by atoms with Gasteiger partial charge in [0.05, 0.1) is 18.2 Å². The molecule has 2 rings (SSSR count). The number of rotatable bonds is 4. The predicted molar refractivity (Wildman–Crippen MR) is 82.7 cm³/mol. The van der Waals surface area contributed by atoms with Crippen molar-refractivity contribution in [3.63, 3.8) is 0 Å². The number of benzene rings is 1. The Bertz CT molecular complexity index is 428. The highest BCUT2D eigenvalue weighted by Gasteiger charge is 2.22. The molecule has 0 aliphatic heterocycles. The van der Waals surface area contributed by atoms with Crippen molar-refractivity contribution in [3.8, 4) is 11.5 Å². The maximum Gasteiger partial charge on any atom is 0.180 e. The van der Waals surface area contributed by atoms with Gasteiger partial charge in [0, 0.05) is 5.33 Å². The van der Waals surface area contributed by atoms with Gasteiger partial charge in [0.15, 0.2) is 11.5 Å². The van der Waals surface area contributed by atoms with Crippen LogP contribution >= 0.6 is 27.5 Å². The molecule has 0 aromatic heterocycles. The van der Waals surface area contributed by atoms with Gasteiger partial charge in [0.25, 0.3) is 0 Å². The number of ether oxygens (including phenoxy) is 2. The summed E-state index contributed by atoms with van der Waals surface area (Å²) in [6.07, 6.45) is 4.91. The van der Waals surface area contributed by atoms with Crippen molar-refractivity contribution < 1.29 is 9.47 Å². The van der Waals surface area contributed by atoms with E-state index in [1.54, 1.807) is 7.11 Å². The summed E-state index contributed by atoms with van der Waals surface area (Å²) in [7, 11) is 1.65. The summed E-state index contributed by atoms with van der Waals surface area (Å²) < 4.78 is 11.5. The molecule has 106 valence electrons. The predicted octanol–water partition coefficient (Wildman–Crippen LogP) is 5.20. The Morgan fingerprint density at radius 3 is 2.53 bits per heavy atom. The summed E-state index contributed by atoms with van der Waals surface area (Å²) in [6, 6.07) is 3.90. The molecule has 0 amide bonds. The van der Waals surface area contributed by atoms with Crippen molar-refractivity contribution in [1.29, 1.82) is 0 Å². The molecule has 0 N–H and O–H groups in total. The lowest BCUT2D eigenvalue weighted by Gasteiger charge is -2.28. The highest BCUT2D eigenvalue weighted by atomic mass is 79.9. The lowest BCUT2D eigenvalue weighted by molar-refractivity contribution is 0.131. The molecule has 0 bridgehead atoms. The minimum atomic E-state index is 0.262. The van der Waals surface area contributed by atoms with E-state index < -0.39 is 0 Å². The summed E-state index contributed by atoms with van der Waals surface area (Å²) in [5.74, 6) is 2.22. The molecule has 0 spiro atoms. The fourth-order valence-corrected chi connectivity index (χ4v) is 3.08. The molecule has 4 heteroatoms. The van der Waals surface area contributed by atoms with Gasteiger partial charge in [0.2, 0.25) is 0 Å². The molecule has 1 aromatic carbocycles. The van der Waals surface area contributed by atoms with Crippen molar-refractivity contribution in [3.05, 3.63) is 22.7 Å². The van der Waals surface area contributed by atoms with E-state index in [1.807, 2.05) is 12.1 Å². The van der Waals surface area contributed by atoms with Crippen LogP contribution in [-0.4, -0.2) is 13.2 Å². The van der Waals surface area contributed by atoms with Crippen LogP contribution < -0.4 is 9.47 Å². The van der Waals surface area contributed by atoms with Gasteiger partial charge < -0.3 is 9.47 Å². The van der Waals surface area contributed by atoms with Gasteiger partial charge in [0.1, 0.15) is 0 Å². The Labute approximate surface area is 128 Å². The molecule has 19 heavy (non-hydrogen) atoms. The fraction of sp³-hybridized carbons (Fsp3) is 0.600. The molecule has 0 radical (unpaired) electrons. The highest BCUT2D eigenvalue weighted by Crippen LogP contribution is 2.39. The summed E-state index contributed by atoms with van der Waals surface area (Å²) in [6.45, 7) is 2.30. The summed E-state index contributed by atoms with van der Waals surface area (Å²) >= 11 is 9.74. The molecule has 0 atom stereocenters. The van der Waals surface area contributed by atoms with E-state index in [0.29, 0.717) is 10.8 Å². The van der Waals surface area contributed by atoms with E-state index in [-0.39, 0.29) is 6.10 Å². The van der Waals surface area contributed by atoms with Crippen molar-refractivity contribution in [2.75, 3.05) is 7.11 Å². The molecular formula is C15H20BrClO2. The van der Waals surface area contributed by atoms with Gasteiger partial charge in [-0.25, -0.2) is 0 Å². The summed E-state index contributed by atoms with van der Waals surface area (Å²) in [5, 5.41) is 1.39. The quantitative estimate of drug-likeness (QED) is 0.697. The minimum absolute atomic E-state index is 0.262. The molecule has 1 aromatic rings. The third-order valence-corrected chi connectivity index (χ3v) is 4.62. The second-order valence-electron chi connectivity index (χ2n) is 5.24. The Morgan fingerprint density at radius 1 is 1.26 bits per heavy atom. The number of methoxy groups -OCH3 is 1. The third-order valence-electron chi connectivity index (χ3n) is 3.69. The van der Waals surface area contributed by atoms with Crippen molar-refractivity contribution in [2.45, 2.75) is 44.0 Å². The minimum Gasteiger partial charge on any atom is -0.493 e. The molecule has 0 saturated heterocycles. The SMILES string of the molecule is COc1cc(CBr)cc(Cl)c1OC1CCC(C)CC1. The first-order valence-corrected chi connectivity index (χ1v) is 8.23. The van der Waals surface area contributed by atoms with Crippen LogP contribution in [0.4, 0.5) is 0 Å². The van der Waals surface area contributed by atoms with Crippen LogP contribution in [0, 0.1) is 5.92 Å². The third kappa shape index (κ3) is 3.79. The van der Waals surface area contributed by atoms with Gasteiger partial charge in [-0.15, -0.1) is 0 Å². The second kappa shape index (κ2) is 6.85. The van der Waals surface area contributed by atoms with Crippen LogP contribution in [0.5, 0.6) is 11.5 Å². The van der Waals surface area contributed by atoms with Gasteiger partial charge in [-0.3, -0.25) is 0 Å². The van der Waals surface area contributed by atoms with Gasteiger partial charge in [-0.05, 0) is 49.3 Å². The Balaban J connectivity index is 2.15. The Kier molecular flexibility index (Phi) is 5.40. The highest BCUT2D eigenvalue weighted by molar-refractivity contribution is 9.08. The molecule has 1 aliphatic rings.